The lowest BCUT2D eigenvalue weighted by atomic mass is 9.87. The van der Waals surface area contributed by atoms with E-state index in [4.69, 9.17) is 0 Å². The van der Waals surface area contributed by atoms with E-state index in [2.05, 4.69) is 6.92 Å². The van der Waals surface area contributed by atoms with E-state index in [1.165, 1.54) is 4.31 Å². The van der Waals surface area contributed by atoms with Gasteiger partial charge < -0.3 is 0 Å². The zero-order valence-corrected chi connectivity index (χ0v) is 19.8. The first kappa shape index (κ1) is 21.2. The maximum atomic E-state index is 13.4. The van der Waals surface area contributed by atoms with Crippen molar-refractivity contribution < 1.29 is 8.42 Å². The predicted molar refractivity (Wildman–Crippen MR) is 133 cm³/mol. The summed E-state index contributed by atoms with van der Waals surface area (Å²) in [5.74, 6) is 0.620. The molecule has 164 valence electrons. The zero-order valence-electron chi connectivity index (χ0n) is 18.2. The first-order valence-corrected chi connectivity index (χ1v) is 13.2. The number of sulfonamides is 1. The Balaban J connectivity index is 1.56. The number of benzene rings is 3. The third-order valence-corrected chi connectivity index (χ3v) is 9.65. The minimum absolute atomic E-state index is 0.106. The highest BCUT2D eigenvalue weighted by Gasteiger charge is 2.24. The maximum absolute atomic E-state index is 13.4. The van der Waals surface area contributed by atoms with Gasteiger partial charge in [-0.3, -0.25) is 9.10 Å². The second kappa shape index (κ2) is 8.01. The Kier molecular flexibility index (Phi) is 5.30. The molecular weight excluding hydrogens is 438 g/mol. The molecule has 1 unspecified atom stereocenters. The highest BCUT2D eigenvalue weighted by atomic mass is 32.2. The van der Waals surface area contributed by atoms with Crippen LogP contribution in [0.15, 0.2) is 70.4 Å². The van der Waals surface area contributed by atoms with Gasteiger partial charge >= 0.3 is 0 Å². The molecule has 1 aliphatic carbocycles. The smallest absolute Gasteiger partial charge is 0.264 e. The van der Waals surface area contributed by atoms with Crippen molar-refractivity contribution in [1.29, 1.82) is 0 Å². The predicted octanol–water partition coefficient (Wildman–Crippen LogP) is 5.75. The van der Waals surface area contributed by atoms with Gasteiger partial charge in [0.15, 0.2) is 5.43 Å². The Morgan fingerprint density at radius 1 is 1.03 bits per heavy atom. The Bertz CT molecular complexity index is 1510. The number of hydrogen-bond acceptors (Lipinski definition) is 4. The van der Waals surface area contributed by atoms with E-state index in [1.807, 2.05) is 36.4 Å². The summed E-state index contributed by atoms with van der Waals surface area (Å²) in [6.45, 7) is 2.20. The van der Waals surface area contributed by atoms with Crippen LogP contribution in [0.3, 0.4) is 0 Å². The quantitative estimate of drug-likeness (QED) is 0.387. The molecule has 0 amide bonds. The molecule has 4 aromatic rings. The Morgan fingerprint density at radius 2 is 1.81 bits per heavy atom. The van der Waals surface area contributed by atoms with Crippen LogP contribution in [0.5, 0.6) is 0 Å². The van der Waals surface area contributed by atoms with Gasteiger partial charge in [0.25, 0.3) is 10.0 Å². The lowest BCUT2D eigenvalue weighted by Gasteiger charge is -2.23. The SMILES string of the molecule is CCC1CCc2c(sc3cc(N(C)S(=O)(=O)c4ccc5ccccc5c4)ccc3c2=O)C1. The highest BCUT2D eigenvalue weighted by Crippen LogP contribution is 2.34. The van der Waals surface area contributed by atoms with Crippen molar-refractivity contribution in [2.75, 3.05) is 11.4 Å². The number of fused-ring (bicyclic) bond motifs is 3. The standard InChI is InChI=1S/C26H25NO3S2/c1-3-17-8-12-22-24(14-17)31-25-16-20(10-13-23(25)26(22)28)27(2)32(29,30)21-11-9-18-6-4-5-7-19(18)15-21/h4-7,9-11,13,15-17H,3,8,12,14H2,1-2H3. The summed E-state index contributed by atoms with van der Waals surface area (Å²) in [7, 11) is -2.16. The van der Waals surface area contributed by atoms with Gasteiger partial charge in [0, 0.05) is 27.6 Å². The van der Waals surface area contributed by atoms with Gasteiger partial charge in [0.05, 0.1) is 10.6 Å². The summed E-state index contributed by atoms with van der Waals surface area (Å²) < 4.78 is 28.9. The van der Waals surface area contributed by atoms with E-state index in [-0.39, 0.29) is 10.3 Å². The van der Waals surface area contributed by atoms with Crippen molar-refractivity contribution in [1.82, 2.24) is 0 Å². The lowest BCUT2D eigenvalue weighted by molar-refractivity contribution is 0.448. The molecule has 0 saturated heterocycles. The highest BCUT2D eigenvalue weighted by molar-refractivity contribution is 7.92. The summed E-state index contributed by atoms with van der Waals surface area (Å²) in [5.41, 5.74) is 1.62. The summed E-state index contributed by atoms with van der Waals surface area (Å²) in [5, 5.41) is 2.57. The monoisotopic (exact) mass is 463 g/mol. The van der Waals surface area contributed by atoms with Gasteiger partial charge in [-0.25, -0.2) is 8.42 Å². The molecule has 4 nitrogen and oxygen atoms in total. The summed E-state index contributed by atoms with van der Waals surface area (Å²) in [6, 6.07) is 18.3. The van der Waals surface area contributed by atoms with Crippen LogP contribution in [0.1, 0.15) is 30.2 Å². The number of anilines is 1. The van der Waals surface area contributed by atoms with E-state index < -0.39 is 10.0 Å². The lowest BCUT2D eigenvalue weighted by Crippen LogP contribution is -2.26. The second-order valence-electron chi connectivity index (χ2n) is 8.51. The number of rotatable bonds is 4. The molecule has 32 heavy (non-hydrogen) atoms. The van der Waals surface area contributed by atoms with Crippen LogP contribution in [0.25, 0.3) is 20.9 Å². The van der Waals surface area contributed by atoms with E-state index in [1.54, 1.807) is 42.6 Å². The van der Waals surface area contributed by atoms with Crippen molar-refractivity contribution in [2.45, 2.75) is 37.5 Å². The average molecular weight is 464 g/mol. The zero-order chi connectivity index (χ0) is 22.5. The third kappa shape index (κ3) is 3.51. The van der Waals surface area contributed by atoms with Crippen LogP contribution in [0, 0.1) is 5.92 Å². The van der Waals surface area contributed by atoms with Crippen LogP contribution in [-0.4, -0.2) is 15.5 Å². The molecule has 0 bridgehead atoms. The molecule has 3 aromatic carbocycles. The van der Waals surface area contributed by atoms with Crippen molar-refractivity contribution in [2.24, 2.45) is 5.92 Å². The van der Waals surface area contributed by atoms with E-state index in [0.717, 1.165) is 51.6 Å². The molecule has 1 atom stereocenters. The molecule has 1 aliphatic rings. The molecular formula is C26H25NO3S2. The maximum Gasteiger partial charge on any atom is 0.264 e. The first-order valence-electron chi connectivity index (χ1n) is 10.9. The van der Waals surface area contributed by atoms with Gasteiger partial charge in [-0.15, -0.1) is 11.3 Å². The van der Waals surface area contributed by atoms with Crippen molar-refractivity contribution in [3.05, 3.63) is 81.3 Å². The molecule has 5 rings (SSSR count). The van der Waals surface area contributed by atoms with Gasteiger partial charge in [-0.2, -0.15) is 0 Å². The molecule has 1 heterocycles. The fourth-order valence-electron chi connectivity index (χ4n) is 4.57. The van der Waals surface area contributed by atoms with E-state index in [0.29, 0.717) is 17.0 Å². The second-order valence-corrected chi connectivity index (χ2v) is 11.6. The third-order valence-electron chi connectivity index (χ3n) is 6.65. The summed E-state index contributed by atoms with van der Waals surface area (Å²) in [4.78, 5) is 14.5. The van der Waals surface area contributed by atoms with E-state index >= 15 is 0 Å². The minimum atomic E-state index is -3.73. The van der Waals surface area contributed by atoms with Crippen LogP contribution in [0.2, 0.25) is 0 Å². The van der Waals surface area contributed by atoms with Crippen molar-refractivity contribution in [3.63, 3.8) is 0 Å². The van der Waals surface area contributed by atoms with Gasteiger partial charge in [-0.1, -0.05) is 43.7 Å². The summed E-state index contributed by atoms with van der Waals surface area (Å²) in [6.07, 6.45) is 3.97. The molecule has 0 radical (unpaired) electrons. The fraction of sp³-hybridized carbons (Fsp3) is 0.269. The Hall–Kier alpha value is -2.70. The van der Waals surface area contributed by atoms with Crippen LogP contribution < -0.4 is 9.73 Å². The molecule has 1 aromatic heterocycles. The number of hydrogen-bond donors (Lipinski definition) is 0. The molecule has 0 saturated carbocycles. The van der Waals surface area contributed by atoms with Gasteiger partial charge in [0.2, 0.25) is 0 Å². The van der Waals surface area contributed by atoms with Gasteiger partial charge in [-0.05, 0) is 66.3 Å². The molecule has 0 spiro atoms. The Morgan fingerprint density at radius 3 is 2.59 bits per heavy atom. The first-order chi connectivity index (χ1) is 15.4. The summed E-state index contributed by atoms with van der Waals surface area (Å²) >= 11 is 1.64. The fourth-order valence-corrected chi connectivity index (χ4v) is 7.14. The topological polar surface area (TPSA) is 54.5 Å². The normalized spacial score (nSPS) is 16.2. The molecule has 0 N–H and O–H groups in total. The van der Waals surface area contributed by atoms with Crippen LogP contribution in [0.4, 0.5) is 5.69 Å². The van der Waals surface area contributed by atoms with Crippen molar-refractivity contribution in [3.8, 4) is 0 Å². The van der Waals surface area contributed by atoms with Gasteiger partial charge in [0.1, 0.15) is 0 Å². The Labute approximate surface area is 192 Å². The number of nitrogens with zero attached hydrogens (tertiary/aromatic N) is 1. The van der Waals surface area contributed by atoms with Crippen LogP contribution >= 0.6 is 11.3 Å². The molecule has 6 heteroatoms. The largest absolute Gasteiger partial charge is 0.289 e. The van der Waals surface area contributed by atoms with Crippen molar-refractivity contribution >= 4 is 47.9 Å². The molecule has 0 fully saturated rings. The molecule has 0 aliphatic heterocycles. The van der Waals surface area contributed by atoms with E-state index in [9.17, 15) is 13.2 Å². The average Bonchev–Trinajstić information content (AvgIpc) is 2.82. The minimum Gasteiger partial charge on any atom is -0.289 e. The van der Waals surface area contributed by atoms with Crippen LogP contribution in [-0.2, 0) is 22.9 Å².